The van der Waals surface area contributed by atoms with Gasteiger partial charge in [-0.3, -0.25) is 0 Å². The summed E-state index contributed by atoms with van der Waals surface area (Å²) in [5.41, 5.74) is 2.58. The standard InChI is InChI=1S/C21H21N/c1-17(14-15-18-8-3-2-4-9-18)22-16-20-12-7-11-19-10-5-6-13-21(19)20/h2-15,17,22H,16H2,1H3. The highest BCUT2D eigenvalue weighted by Gasteiger charge is 2.01. The summed E-state index contributed by atoms with van der Waals surface area (Å²) in [5, 5.41) is 6.21. The molecule has 3 aromatic rings. The van der Waals surface area contributed by atoms with E-state index < -0.39 is 0 Å². The highest BCUT2D eigenvalue weighted by Crippen LogP contribution is 2.18. The van der Waals surface area contributed by atoms with Crippen LogP contribution in [0.4, 0.5) is 0 Å². The minimum absolute atomic E-state index is 0.333. The molecule has 3 aromatic carbocycles. The van der Waals surface area contributed by atoms with E-state index >= 15 is 0 Å². The lowest BCUT2D eigenvalue weighted by Gasteiger charge is -2.11. The molecule has 1 atom stereocenters. The van der Waals surface area contributed by atoms with Crippen LogP contribution in [-0.2, 0) is 6.54 Å². The van der Waals surface area contributed by atoms with E-state index in [1.807, 2.05) is 6.07 Å². The molecule has 0 aliphatic rings. The fraction of sp³-hybridized carbons (Fsp3) is 0.143. The molecular weight excluding hydrogens is 266 g/mol. The lowest BCUT2D eigenvalue weighted by molar-refractivity contribution is 0.637. The third-order valence-corrected chi connectivity index (χ3v) is 3.87. The Bertz CT molecular complexity index is 754. The zero-order valence-electron chi connectivity index (χ0n) is 12.9. The van der Waals surface area contributed by atoms with Gasteiger partial charge in [-0.1, -0.05) is 84.9 Å². The van der Waals surface area contributed by atoms with Crippen LogP contribution in [0.25, 0.3) is 16.8 Å². The van der Waals surface area contributed by atoms with E-state index in [1.165, 1.54) is 21.9 Å². The quantitative estimate of drug-likeness (QED) is 0.694. The minimum Gasteiger partial charge on any atom is -0.307 e. The van der Waals surface area contributed by atoms with Crippen molar-refractivity contribution in [3.63, 3.8) is 0 Å². The van der Waals surface area contributed by atoms with Gasteiger partial charge in [0, 0.05) is 12.6 Å². The zero-order valence-corrected chi connectivity index (χ0v) is 12.9. The highest BCUT2D eigenvalue weighted by molar-refractivity contribution is 5.85. The number of hydrogen-bond acceptors (Lipinski definition) is 1. The number of hydrogen-bond donors (Lipinski definition) is 1. The third kappa shape index (κ3) is 3.63. The Morgan fingerprint density at radius 2 is 1.59 bits per heavy atom. The number of nitrogens with one attached hydrogen (secondary N) is 1. The van der Waals surface area contributed by atoms with E-state index in [9.17, 15) is 0 Å². The summed E-state index contributed by atoms with van der Waals surface area (Å²) in [6.45, 7) is 3.06. The average molecular weight is 287 g/mol. The van der Waals surface area contributed by atoms with E-state index in [4.69, 9.17) is 0 Å². The van der Waals surface area contributed by atoms with E-state index in [0.717, 1.165) is 6.54 Å². The summed E-state index contributed by atoms with van der Waals surface area (Å²) in [5.74, 6) is 0. The predicted octanol–water partition coefficient (Wildman–Crippen LogP) is 5.03. The lowest BCUT2D eigenvalue weighted by atomic mass is 10.0. The van der Waals surface area contributed by atoms with E-state index in [-0.39, 0.29) is 0 Å². The summed E-state index contributed by atoms with van der Waals surface area (Å²) >= 11 is 0. The molecule has 1 N–H and O–H groups in total. The van der Waals surface area contributed by atoms with Gasteiger partial charge >= 0.3 is 0 Å². The number of rotatable bonds is 5. The summed E-state index contributed by atoms with van der Waals surface area (Å²) in [6.07, 6.45) is 4.38. The van der Waals surface area contributed by atoms with Gasteiger partial charge in [-0.25, -0.2) is 0 Å². The molecule has 0 spiro atoms. The van der Waals surface area contributed by atoms with E-state index in [1.54, 1.807) is 0 Å². The van der Waals surface area contributed by atoms with Crippen LogP contribution in [0.15, 0.2) is 78.9 Å². The molecule has 0 fully saturated rings. The van der Waals surface area contributed by atoms with Crippen LogP contribution in [0.1, 0.15) is 18.1 Å². The molecule has 0 saturated carbocycles. The molecule has 1 heteroatoms. The molecule has 0 radical (unpaired) electrons. The summed E-state index contributed by atoms with van der Waals surface area (Å²) in [6, 6.07) is 25.8. The van der Waals surface area contributed by atoms with Crippen LogP contribution >= 0.6 is 0 Å². The Morgan fingerprint density at radius 3 is 2.45 bits per heavy atom. The largest absolute Gasteiger partial charge is 0.307 e. The van der Waals surface area contributed by atoms with Crippen LogP contribution in [0.5, 0.6) is 0 Å². The maximum atomic E-state index is 3.57. The maximum absolute atomic E-state index is 3.57. The van der Waals surface area contributed by atoms with Gasteiger partial charge in [-0.05, 0) is 28.8 Å². The van der Waals surface area contributed by atoms with Crippen molar-refractivity contribution in [2.75, 3.05) is 0 Å². The van der Waals surface area contributed by atoms with E-state index in [2.05, 4.69) is 91.1 Å². The number of benzene rings is 3. The molecule has 110 valence electrons. The summed E-state index contributed by atoms with van der Waals surface area (Å²) in [7, 11) is 0. The van der Waals surface area contributed by atoms with Crippen molar-refractivity contribution in [2.45, 2.75) is 19.5 Å². The van der Waals surface area contributed by atoms with Crippen molar-refractivity contribution >= 4 is 16.8 Å². The highest BCUT2D eigenvalue weighted by atomic mass is 14.9. The molecule has 0 bridgehead atoms. The first-order valence-corrected chi connectivity index (χ1v) is 7.76. The van der Waals surface area contributed by atoms with Crippen molar-refractivity contribution < 1.29 is 0 Å². The second kappa shape index (κ2) is 7.06. The number of fused-ring (bicyclic) bond motifs is 1. The fourth-order valence-electron chi connectivity index (χ4n) is 2.61. The fourth-order valence-corrected chi connectivity index (χ4v) is 2.61. The zero-order chi connectivity index (χ0) is 15.2. The summed E-state index contributed by atoms with van der Waals surface area (Å²) < 4.78 is 0. The molecule has 0 aromatic heterocycles. The molecule has 22 heavy (non-hydrogen) atoms. The van der Waals surface area contributed by atoms with Crippen molar-refractivity contribution in [1.82, 2.24) is 5.32 Å². The van der Waals surface area contributed by atoms with Gasteiger partial charge < -0.3 is 5.32 Å². The minimum atomic E-state index is 0.333. The normalized spacial score (nSPS) is 12.8. The van der Waals surface area contributed by atoms with Gasteiger partial charge in [-0.2, -0.15) is 0 Å². The topological polar surface area (TPSA) is 12.0 Å². The second-order valence-electron chi connectivity index (χ2n) is 5.58. The van der Waals surface area contributed by atoms with Gasteiger partial charge in [0.25, 0.3) is 0 Å². The van der Waals surface area contributed by atoms with Crippen molar-refractivity contribution in [3.05, 3.63) is 90.0 Å². The molecule has 0 saturated heterocycles. The average Bonchev–Trinajstić information content (AvgIpc) is 2.59. The Hall–Kier alpha value is -2.38. The Balaban J connectivity index is 1.65. The molecule has 0 aliphatic heterocycles. The van der Waals surface area contributed by atoms with Crippen LogP contribution in [-0.4, -0.2) is 6.04 Å². The summed E-state index contributed by atoms with van der Waals surface area (Å²) in [4.78, 5) is 0. The van der Waals surface area contributed by atoms with Gasteiger partial charge in [0.1, 0.15) is 0 Å². The molecular formula is C21H21N. The van der Waals surface area contributed by atoms with Gasteiger partial charge in [-0.15, -0.1) is 0 Å². The Morgan fingerprint density at radius 1 is 0.864 bits per heavy atom. The second-order valence-corrected chi connectivity index (χ2v) is 5.58. The molecule has 1 nitrogen and oxygen atoms in total. The monoisotopic (exact) mass is 287 g/mol. The molecule has 3 rings (SSSR count). The van der Waals surface area contributed by atoms with Gasteiger partial charge in [0.2, 0.25) is 0 Å². The van der Waals surface area contributed by atoms with Crippen molar-refractivity contribution in [2.24, 2.45) is 0 Å². The molecule has 0 heterocycles. The molecule has 1 unspecified atom stereocenters. The van der Waals surface area contributed by atoms with Gasteiger partial charge in [0.05, 0.1) is 0 Å². The van der Waals surface area contributed by atoms with Gasteiger partial charge in [0.15, 0.2) is 0 Å². The van der Waals surface area contributed by atoms with Crippen LogP contribution in [0.2, 0.25) is 0 Å². The Labute approximate surface area is 132 Å². The lowest BCUT2D eigenvalue weighted by Crippen LogP contribution is -2.23. The van der Waals surface area contributed by atoms with Crippen LogP contribution < -0.4 is 5.32 Å². The predicted molar refractivity (Wildman–Crippen MR) is 95.7 cm³/mol. The molecule has 0 amide bonds. The third-order valence-electron chi connectivity index (χ3n) is 3.87. The van der Waals surface area contributed by atoms with Crippen LogP contribution in [0, 0.1) is 0 Å². The first-order valence-electron chi connectivity index (χ1n) is 7.76. The maximum Gasteiger partial charge on any atom is 0.0228 e. The van der Waals surface area contributed by atoms with Crippen molar-refractivity contribution in [3.8, 4) is 0 Å². The Kier molecular flexibility index (Phi) is 4.67. The SMILES string of the molecule is CC(C=Cc1ccccc1)NCc1cccc2ccccc12. The van der Waals surface area contributed by atoms with E-state index in [0.29, 0.717) is 6.04 Å². The molecule has 0 aliphatic carbocycles. The van der Waals surface area contributed by atoms with Crippen molar-refractivity contribution in [1.29, 1.82) is 0 Å². The van der Waals surface area contributed by atoms with Crippen LogP contribution in [0.3, 0.4) is 0 Å². The first kappa shape index (κ1) is 14.6. The first-order chi connectivity index (χ1) is 10.8. The smallest absolute Gasteiger partial charge is 0.0228 e.